The quantitative estimate of drug-likeness (QED) is 0.934. The van der Waals surface area contributed by atoms with E-state index in [1.165, 1.54) is 0 Å². The van der Waals surface area contributed by atoms with Gasteiger partial charge in [-0.05, 0) is 5.56 Å². The van der Waals surface area contributed by atoms with E-state index in [2.05, 4.69) is 0 Å². The van der Waals surface area contributed by atoms with E-state index in [-0.39, 0.29) is 6.10 Å². The molecule has 4 rings (SSSR count). The van der Waals surface area contributed by atoms with Gasteiger partial charge in [-0.3, -0.25) is 0 Å². The Morgan fingerprint density at radius 2 is 1.67 bits per heavy atom. The average molecular weight is 328 g/mol. The molecule has 2 aliphatic heterocycles. The van der Waals surface area contributed by atoms with Crippen LogP contribution in [0.4, 0.5) is 0 Å². The van der Waals surface area contributed by atoms with Crippen LogP contribution >= 0.6 is 0 Å². The Morgan fingerprint density at radius 1 is 0.958 bits per heavy atom. The van der Waals surface area contributed by atoms with Crippen LogP contribution in [-0.4, -0.2) is 36.3 Å². The lowest BCUT2D eigenvalue weighted by Crippen LogP contribution is -2.52. The summed E-state index contributed by atoms with van der Waals surface area (Å²) in [6, 6.07) is 19.5. The maximum absolute atomic E-state index is 10.5. The average Bonchev–Trinajstić information content (AvgIpc) is 3.08. The molecule has 0 spiro atoms. The summed E-state index contributed by atoms with van der Waals surface area (Å²) >= 11 is 0. The topological polar surface area (TPSA) is 57.2 Å². The molecule has 2 aromatic carbocycles. The molecule has 0 saturated carbocycles. The summed E-state index contributed by atoms with van der Waals surface area (Å²) in [5.74, 6) is 0. The predicted molar refractivity (Wildman–Crippen MR) is 85.9 cm³/mol. The standard InChI is InChI=1S/C19H20O5/c20-16-17-15(23-18(24-17)14-9-5-2-6-10-14)12-22-19(16)21-11-13-7-3-1-4-8-13/h1-10,15-20H,11-12H2/t15-,16+,17-,18-,19-/m0/s1. The number of hydrogen-bond acceptors (Lipinski definition) is 5. The van der Waals surface area contributed by atoms with Crippen molar-refractivity contribution in [1.29, 1.82) is 0 Å². The van der Waals surface area contributed by atoms with Gasteiger partial charge in [0.1, 0.15) is 18.3 Å². The van der Waals surface area contributed by atoms with Crippen molar-refractivity contribution in [3.63, 3.8) is 0 Å². The van der Waals surface area contributed by atoms with Crippen LogP contribution in [0.5, 0.6) is 0 Å². The number of benzene rings is 2. The first-order chi connectivity index (χ1) is 11.8. The van der Waals surface area contributed by atoms with Crippen LogP contribution in [0.3, 0.4) is 0 Å². The third-order valence-corrected chi connectivity index (χ3v) is 4.31. The number of ether oxygens (including phenoxy) is 4. The zero-order valence-corrected chi connectivity index (χ0v) is 13.2. The highest BCUT2D eigenvalue weighted by Gasteiger charge is 2.48. The Bertz CT molecular complexity index is 647. The molecule has 5 nitrogen and oxygen atoms in total. The summed E-state index contributed by atoms with van der Waals surface area (Å²) in [6.07, 6.45) is -2.83. The minimum absolute atomic E-state index is 0.290. The SMILES string of the molecule is O[C@H]1[C@@H](OCc2ccccc2)OC[C@@H]2O[C@H](c3ccccc3)O[C@H]12. The third kappa shape index (κ3) is 3.22. The molecule has 2 heterocycles. The van der Waals surface area contributed by atoms with Crippen LogP contribution in [0.25, 0.3) is 0 Å². The fourth-order valence-corrected chi connectivity index (χ4v) is 3.04. The summed E-state index contributed by atoms with van der Waals surface area (Å²) < 4.78 is 23.1. The summed E-state index contributed by atoms with van der Waals surface area (Å²) in [4.78, 5) is 0. The second kappa shape index (κ2) is 7.01. The normalized spacial score (nSPS) is 32.5. The van der Waals surface area contributed by atoms with Crippen molar-refractivity contribution >= 4 is 0 Å². The van der Waals surface area contributed by atoms with E-state index in [1.807, 2.05) is 60.7 Å². The fourth-order valence-electron chi connectivity index (χ4n) is 3.04. The molecule has 2 fully saturated rings. The number of aliphatic hydroxyl groups excluding tert-OH is 1. The largest absolute Gasteiger partial charge is 0.385 e. The van der Waals surface area contributed by atoms with Crippen molar-refractivity contribution in [3.05, 3.63) is 71.8 Å². The Hall–Kier alpha value is -1.76. The van der Waals surface area contributed by atoms with Crippen molar-refractivity contribution in [1.82, 2.24) is 0 Å². The van der Waals surface area contributed by atoms with Gasteiger partial charge in [0.15, 0.2) is 12.6 Å². The molecule has 0 aliphatic carbocycles. The third-order valence-electron chi connectivity index (χ3n) is 4.31. The van der Waals surface area contributed by atoms with Crippen LogP contribution < -0.4 is 0 Å². The maximum Gasteiger partial charge on any atom is 0.186 e. The van der Waals surface area contributed by atoms with Crippen molar-refractivity contribution in [2.45, 2.75) is 37.5 Å². The van der Waals surface area contributed by atoms with Crippen molar-refractivity contribution in [2.24, 2.45) is 0 Å². The van der Waals surface area contributed by atoms with Gasteiger partial charge in [-0.15, -0.1) is 0 Å². The molecule has 0 unspecified atom stereocenters. The fraction of sp³-hybridized carbons (Fsp3) is 0.368. The van der Waals surface area contributed by atoms with Gasteiger partial charge in [0, 0.05) is 5.56 Å². The van der Waals surface area contributed by atoms with Gasteiger partial charge in [-0.25, -0.2) is 0 Å². The first kappa shape index (κ1) is 15.7. The molecule has 24 heavy (non-hydrogen) atoms. The second-order valence-electron chi connectivity index (χ2n) is 6.01. The molecule has 0 radical (unpaired) electrons. The lowest BCUT2D eigenvalue weighted by molar-refractivity contribution is -0.255. The highest BCUT2D eigenvalue weighted by molar-refractivity contribution is 5.17. The smallest absolute Gasteiger partial charge is 0.186 e. The van der Waals surface area contributed by atoms with E-state index in [0.29, 0.717) is 13.2 Å². The van der Waals surface area contributed by atoms with E-state index in [9.17, 15) is 5.11 Å². The van der Waals surface area contributed by atoms with Crippen LogP contribution in [0, 0.1) is 0 Å². The monoisotopic (exact) mass is 328 g/mol. The minimum atomic E-state index is -0.888. The van der Waals surface area contributed by atoms with Gasteiger partial charge in [-0.1, -0.05) is 60.7 Å². The Morgan fingerprint density at radius 3 is 2.42 bits per heavy atom. The summed E-state index contributed by atoms with van der Waals surface area (Å²) in [7, 11) is 0. The molecule has 5 heteroatoms. The van der Waals surface area contributed by atoms with E-state index in [1.54, 1.807) is 0 Å². The van der Waals surface area contributed by atoms with E-state index in [4.69, 9.17) is 18.9 Å². The molecule has 126 valence electrons. The predicted octanol–water partition coefficient (Wildman–Crippen LogP) is 2.40. The van der Waals surface area contributed by atoms with Gasteiger partial charge >= 0.3 is 0 Å². The molecule has 5 atom stereocenters. The minimum Gasteiger partial charge on any atom is -0.385 e. The first-order valence-electron chi connectivity index (χ1n) is 8.12. The lowest BCUT2D eigenvalue weighted by Gasteiger charge is -2.34. The molecular formula is C19H20O5. The molecule has 0 aromatic heterocycles. The molecule has 2 saturated heterocycles. The maximum atomic E-state index is 10.5. The van der Waals surface area contributed by atoms with Crippen molar-refractivity contribution < 1.29 is 24.1 Å². The summed E-state index contributed by atoms with van der Waals surface area (Å²) in [5, 5.41) is 10.5. The molecule has 1 N–H and O–H groups in total. The first-order valence-corrected chi connectivity index (χ1v) is 8.12. The van der Waals surface area contributed by atoms with Crippen LogP contribution in [0.1, 0.15) is 17.4 Å². The molecule has 0 bridgehead atoms. The summed E-state index contributed by atoms with van der Waals surface area (Å²) in [5.41, 5.74) is 1.96. The zero-order chi connectivity index (χ0) is 16.4. The van der Waals surface area contributed by atoms with E-state index in [0.717, 1.165) is 11.1 Å². The number of rotatable bonds is 4. The lowest BCUT2D eigenvalue weighted by atomic mass is 10.1. The van der Waals surface area contributed by atoms with E-state index >= 15 is 0 Å². The Labute approximate surface area is 140 Å². The Balaban J connectivity index is 1.38. The van der Waals surface area contributed by atoms with Gasteiger partial charge in [0.05, 0.1) is 13.2 Å². The van der Waals surface area contributed by atoms with Crippen LogP contribution in [0.2, 0.25) is 0 Å². The van der Waals surface area contributed by atoms with Crippen molar-refractivity contribution in [2.75, 3.05) is 6.61 Å². The van der Waals surface area contributed by atoms with Crippen LogP contribution in [0.15, 0.2) is 60.7 Å². The molecular weight excluding hydrogens is 308 g/mol. The van der Waals surface area contributed by atoms with Crippen LogP contribution in [-0.2, 0) is 25.6 Å². The summed E-state index contributed by atoms with van der Waals surface area (Å²) in [6.45, 7) is 0.716. The van der Waals surface area contributed by atoms with Gasteiger partial charge in [-0.2, -0.15) is 0 Å². The van der Waals surface area contributed by atoms with E-state index < -0.39 is 24.8 Å². The van der Waals surface area contributed by atoms with Gasteiger partial charge in [0.2, 0.25) is 0 Å². The zero-order valence-electron chi connectivity index (χ0n) is 13.2. The van der Waals surface area contributed by atoms with Gasteiger partial charge in [0.25, 0.3) is 0 Å². The molecule has 0 amide bonds. The number of fused-ring (bicyclic) bond motifs is 1. The number of hydrogen-bond donors (Lipinski definition) is 1. The highest BCUT2D eigenvalue weighted by Crippen LogP contribution is 2.36. The molecule has 2 aromatic rings. The number of aliphatic hydroxyl groups is 1. The second-order valence-corrected chi connectivity index (χ2v) is 6.01. The van der Waals surface area contributed by atoms with Crippen molar-refractivity contribution in [3.8, 4) is 0 Å². The van der Waals surface area contributed by atoms with Gasteiger partial charge < -0.3 is 24.1 Å². The molecule has 2 aliphatic rings. The Kier molecular flexibility index (Phi) is 4.60. The highest BCUT2D eigenvalue weighted by atomic mass is 16.8.